The fraction of sp³-hybridized carbons (Fsp3) is 0.0263. The zero-order chi connectivity index (χ0) is 29.1. The molecule has 0 radical (unpaired) electrons. The summed E-state index contributed by atoms with van der Waals surface area (Å²) in [5.74, 6) is -0.636. The topological polar surface area (TPSA) is 55.2 Å². The summed E-state index contributed by atoms with van der Waals surface area (Å²) in [6.07, 6.45) is 3.69. The van der Waals surface area contributed by atoms with Crippen molar-refractivity contribution < 1.29 is 9.59 Å². The van der Waals surface area contributed by atoms with Crippen LogP contribution in [0.15, 0.2) is 134 Å². The van der Waals surface area contributed by atoms with Gasteiger partial charge >= 0.3 is 0 Å². The fourth-order valence-electron chi connectivity index (χ4n) is 6.32. The molecule has 7 aromatic rings. The molecule has 5 nitrogen and oxygen atoms in total. The quantitative estimate of drug-likeness (QED) is 0.204. The molecule has 0 saturated heterocycles. The molecule has 204 valence electrons. The van der Waals surface area contributed by atoms with Gasteiger partial charge in [-0.05, 0) is 83.3 Å². The number of aromatic nitrogens is 2. The van der Waals surface area contributed by atoms with Gasteiger partial charge < -0.3 is 4.57 Å². The molecule has 8 rings (SSSR count). The number of para-hydroxylation sites is 1. The lowest BCUT2D eigenvalue weighted by Gasteiger charge is -2.15. The van der Waals surface area contributed by atoms with Gasteiger partial charge in [-0.1, -0.05) is 72.8 Å². The Morgan fingerprint density at radius 3 is 2.12 bits per heavy atom. The molecule has 0 atom stereocenters. The maximum atomic E-state index is 14.1. The van der Waals surface area contributed by atoms with Gasteiger partial charge in [0.25, 0.3) is 11.8 Å². The lowest BCUT2D eigenvalue weighted by Crippen LogP contribution is -2.29. The molecule has 0 N–H and O–H groups in total. The Kier molecular flexibility index (Phi) is 5.59. The van der Waals surface area contributed by atoms with E-state index in [1.54, 1.807) is 6.07 Å². The molecule has 5 heteroatoms. The maximum Gasteiger partial charge on any atom is 0.268 e. The van der Waals surface area contributed by atoms with Crippen LogP contribution < -0.4 is 4.90 Å². The number of hydrogen-bond acceptors (Lipinski definition) is 3. The Morgan fingerprint density at radius 1 is 0.581 bits per heavy atom. The number of fused-ring (bicyclic) bond motifs is 4. The third-order valence-electron chi connectivity index (χ3n) is 8.37. The highest BCUT2D eigenvalue weighted by molar-refractivity contribution is 6.35. The van der Waals surface area contributed by atoms with E-state index < -0.39 is 0 Å². The number of carbonyl (C=O) groups is 2. The number of carbonyl (C=O) groups excluding carboxylic acids is 2. The molecule has 1 aliphatic rings. The van der Waals surface area contributed by atoms with E-state index in [1.807, 2.05) is 97.3 Å². The zero-order valence-electron chi connectivity index (χ0n) is 23.4. The number of aryl methyl sites for hydroxylation is 1. The second-order valence-corrected chi connectivity index (χ2v) is 10.8. The second kappa shape index (κ2) is 9.64. The third-order valence-corrected chi connectivity index (χ3v) is 8.37. The van der Waals surface area contributed by atoms with Crippen LogP contribution in [0.2, 0.25) is 0 Å². The molecule has 1 aliphatic heterocycles. The fourth-order valence-corrected chi connectivity index (χ4v) is 6.32. The molecule has 0 bridgehead atoms. The van der Waals surface area contributed by atoms with Crippen LogP contribution in [0.5, 0.6) is 0 Å². The van der Waals surface area contributed by atoms with Crippen LogP contribution in [-0.2, 0) is 0 Å². The van der Waals surface area contributed by atoms with E-state index in [9.17, 15) is 9.59 Å². The normalized spacial score (nSPS) is 12.8. The number of rotatable bonds is 4. The number of imide groups is 1. The Labute approximate surface area is 248 Å². The molecule has 5 aromatic carbocycles. The molecule has 43 heavy (non-hydrogen) atoms. The highest BCUT2D eigenvalue weighted by Gasteiger charge is 2.39. The van der Waals surface area contributed by atoms with Gasteiger partial charge in [-0.15, -0.1) is 0 Å². The summed E-state index contributed by atoms with van der Waals surface area (Å²) in [4.78, 5) is 33.4. The van der Waals surface area contributed by atoms with Crippen molar-refractivity contribution in [2.24, 2.45) is 0 Å². The minimum absolute atomic E-state index is 0.314. The van der Waals surface area contributed by atoms with Crippen molar-refractivity contribution in [1.82, 2.24) is 9.55 Å². The van der Waals surface area contributed by atoms with E-state index >= 15 is 0 Å². The second-order valence-electron chi connectivity index (χ2n) is 10.8. The molecule has 2 amide bonds. The zero-order valence-corrected chi connectivity index (χ0v) is 23.4. The molecule has 0 fully saturated rings. The average Bonchev–Trinajstić information content (AvgIpc) is 3.52. The molecule has 3 heterocycles. The van der Waals surface area contributed by atoms with Crippen molar-refractivity contribution in [1.29, 1.82) is 0 Å². The van der Waals surface area contributed by atoms with Gasteiger partial charge in [-0.2, -0.15) is 0 Å². The van der Waals surface area contributed by atoms with Crippen LogP contribution in [-0.4, -0.2) is 21.4 Å². The first-order valence-electron chi connectivity index (χ1n) is 14.2. The van der Waals surface area contributed by atoms with Gasteiger partial charge in [0.2, 0.25) is 0 Å². The summed E-state index contributed by atoms with van der Waals surface area (Å²) in [5.41, 5.74) is 9.44. The Hall–Kier alpha value is -5.81. The van der Waals surface area contributed by atoms with Gasteiger partial charge in [0.05, 0.1) is 33.5 Å². The van der Waals surface area contributed by atoms with E-state index in [-0.39, 0.29) is 11.8 Å². The number of benzene rings is 5. The first kappa shape index (κ1) is 24.9. The minimum Gasteiger partial charge on any atom is -0.308 e. The van der Waals surface area contributed by atoms with Crippen molar-refractivity contribution in [3.8, 4) is 27.9 Å². The first-order valence-corrected chi connectivity index (χ1v) is 14.2. The summed E-state index contributed by atoms with van der Waals surface area (Å²) in [7, 11) is 0. The van der Waals surface area contributed by atoms with Crippen LogP contribution in [0, 0.1) is 6.92 Å². The average molecular weight is 556 g/mol. The predicted octanol–water partition coefficient (Wildman–Crippen LogP) is 8.62. The predicted molar refractivity (Wildman–Crippen MR) is 172 cm³/mol. The van der Waals surface area contributed by atoms with Gasteiger partial charge in [0.1, 0.15) is 0 Å². The van der Waals surface area contributed by atoms with Gasteiger partial charge in [0.15, 0.2) is 0 Å². The molecule has 0 unspecified atom stereocenters. The lowest BCUT2D eigenvalue weighted by atomic mass is 10.0. The van der Waals surface area contributed by atoms with E-state index in [0.29, 0.717) is 22.5 Å². The van der Waals surface area contributed by atoms with Crippen molar-refractivity contribution in [2.75, 3.05) is 4.90 Å². The van der Waals surface area contributed by atoms with E-state index in [4.69, 9.17) is 0 Å². The number of hydrogen-bond donors (Lipinski definition) is 0. The minimum atomic E-state index is -0.321. The monoisotopic (exact) mass is 555 g/mol. The number of amides is 2. The number of anilines is 1. The first-order chi connectivity index (χ1) is 21.1. The smallest absolute Gasteiger partial charge is 0.268 e. The molecular formula is C38H25N3O2. The number of nitrogens with zero attached hydrogens (tertiary/aromatic N) is 3. The Balaban J connectivity index is 1.27. The van der Waals surface area contributed by atoms with Gasteiger partial charge in [-0.25, -0.2) is 4.90 Å². The van der Waals surface area contributed by atoms with Gasteiger partial charge in [0, 0.05) is 23.2 Å². The molecule has 0 spiro atoms. The molecular weight excluding hydrogens is 530 g/mol. The van der Waals surface area contributed by atoms with Crippen LogP contribution in [0.1, 0.15) is 26.3 Å². The third kappa shape index (κ3) is 3.82. The maximum absolute atomic E-state index is 14.1. The van der Waals surface area contributed by atoms with E-state index in [0.717, 1.165) is 49.6 Å². The van der Waals surface area contributed by atoms with Crippen molar-refractivity contribution >= 4 is 39.3 Å². The summed E-state index contributed by atoms with van der Waals surface area (Å²) in [5, 5.41) is 2.15. The summed E-state index contributed by atoms with van der Waals surface area (Å²) < 4.78 is 2.11. The Morgan fingerprint density at radius 2 is 1.30 bits per heavy atom. The highest BCUT2D eigenvalue weighted by Crippen LogP contribution is 2.39. The number of pyridine rings is 1. The van der Waals surface area contributed by atoms with Gasteiger partial charge in [-0.3, -0.25) is 14.6 Å². The summed E-state index contributed by atoms with van der Waals surface area (Å²) >= 11 is 0. The van der Waals surface area contributed by atoms with Crippen molar-refractivity contribution in [3.63, 3.8) is 0 Å². The van der Waals surface area contributed by atoms with Crippen LogP contribution >= 0.6 is 0 Å². The summed E-state index contributed by atoms with van der Waals surface area (Å²) in [6.45, 7) is 2.06. The Bertz CT molecular complexity index is 2230. The standard InChI is InChI=1S/C38H25N3O2/c1-24-23-39-21-20-29(24)27-16-19-34-32(22-27)30-10-5-6-12-33(30)41(34)35-13-7-11-31-36(35)38(43)40(37(31)42)28-17-14-26(15-18-28)25-8-3-2-4-9-25/h2-23H,1H3. The molecule has 0 saturated carbocycles. The van der Waals surface area contributed by atoms with E-state index in [2.05, 4.69) is 46.8 Å². The van der Waals surface area contributed by atoms with Crippen molar-refractivity contribution in [2.45, 2.75) is 6.92 Å². The summed E-state index contributed by atoms with van der Waals surface area (Å²) in [6, 6.07) is 39.8. The lowest BCUT2D eigenvalue weighted by molar-refractivity contribution is 0.0926. The van der Waals surface area contributed by atoms with Crippen LogP contribution in [0.25, 0.3) is 49.7 Å². The largest absolute Gasteiger partial charge is 0.308 e. The molecule has 2 aromatic heterocycles. The van der Waals surface area contributed by atoms with Crippen LogP contribution in [0.3, 0.4) is 0 Å². The SMILES string of the molecule is Cc1cnccc1-c1ccc2c(c1)c1ccccc1n2-c1cccc2c1C(=O)N(c1ccc(-c3ccccc3)cc1)C2=O. The van der Waals surface area contributed by atoms with E-state index in [1.165, 1.54) is 4.90 Å². The molecule has 0 aliphatic carbocycles. The van der Waals surface area contributed by atoms with Crippen LogP contribution in [0.4, 0.5) is 5.69 Å². The highest BCUT2D eigenvalue weighted by atomic mass is 16.2. The van der Waals surface area contributed by atoms with Crippen molar-refractivity contribution in [3.05, 3.63) is 150 Å².